The number of halogens is 1. The number of rotatable bonds is 6. The Morgan fingerprint density at radius 3 is 2.38 bits per heavy atom. The Balaban J connectivity index is 2.65. The highest BCUT2D eigenvalue weighted by atomic mass is 35.5. The van der Waals surface area contributed by atoms with Gasteiger partial charge in [0.2, 0.25) is 0 Å². The molecule has 3 nitrogen and oxygen atoms in total. The van der Waals surface area contributed by atoms with Crippen LogP contribution >= 0.6 is 11.6 Å². The zero-order valence-corrected chi connectivity index (χ0v) is 10.4. The van der Waals surface area contributed by atoms with Crippen LogP contribution in [0.1, 0.15) is 18.6 Å². The van der Waals surface area contributed by atoms with E-state index in [0.717, 1.165) is 5.56 Å². The number of benzene rings is 1. The lowest BCUT2D eigenvalue weighted by Gasteiger charge is -2.21. The van der Waals surface area contributed by atoms with E-state index in [0.29, 0.717) is 18.2 Å². The maximum atomic E-state index is 5.89. The molecule has 0 fully saturated rings. The molecule has 0 aliphatic rings. The van der Waals surface area contributed by atoms with Crippen molar-refractivity contribution < 1.29 is 9.47 Å². The predicted molar refractivity (Wildman–Crippen MR) is 65.7 cm³/mol. The second-order valence-electron chi connectivity index (χ2n) is 3.69. The molecule has 16 heavy (non-hydrogen) atoms. The molecular formula is C12H18ClNO2. The molecule has 1 aromatic rings. The van der Waals surface area contributed by atoms with Crippen molar-refractivity contribution in [3.8, 4) is 0 Å². The van der Waals surface area contributed by atoms with Crippen LogP contribution in [0.25, 0.3) is 0 Å². The number of hydrogen-bond donors (Lipinski definition) is 1. The topological polar surface area (TPSA) is 44.5 Å². The summed E-state index contributed by atoms with van der Waals surface area (Å²) in [6.45, 7) is 3.02. The van der Waals surface area contributed by atoms with Crippen molar-refractivity contribution in [2.45, 2.75) is 19.1 Å². The number of hydrogen-bond acceptors (Lipinski definition) is 3. The number of nitrogens with two attached hydrogens (primary N) is 1. The minimum absolute atomic E-state index is 0.0713. The van der Waals surface area contributed by atoms with Crippen LogP contribution in [0, 0.1) is 0 Å². The second-order valence-corrected chi connectivity index (χ2v) is 4.13. The minimum atomic E-state index is -0.118. The zero-order chi connectivity index (χ0) is 12.0. The van der Waals surface area contributed by atoms with E-state index in [-0.39, 0.29) is 12.1 Å². The first-order chi connectivity index (χ1) is 7.65. The molecule has 0 bridgehead atoms. The molecule has 0 radical (unpaired) electrons. The summed E-state index contributed by atoms with van der Waals surface area (Å²) < 4.78 is 10.6. The normalized spacial score (nSPS) is 14.8. The van der Waals surface area contributed by atoms with Gasteiger partial charge in [0.15, 0.2) is 0 Å². The molecule has 0 heterocycles. The summed E-state index contributed by atoms with van der Waals surface area (Å²) in [7, 11) is 1.65. The lowest BCUT2D eigenvalue weighted by Crippen LogP contribution is -2.27. The van der Waals surface area contributed by atoms with Crippen molar-refractivity contribution in [3.63, 3.8) is 0 Å². The van der Waals surface area contributed by atoms with E-state index in [9.17, 15) is 0 Å². The fourth-order valence-corrected chi connectivity index (χ4v) is 1.59. The third-order valence-corrected chi connectivity index (χ3v) is 2.51. The van der Waals surface area contributed by atoms with E-state index in [1.54, 1.807) is 7.11 Å². The van der Waals surface area contributed by atoms with E-state index in [4.69, 9.17) is 26.8 Å². The first-order valence-electron chi connectivity index (χ1n) is 5.26. The molecule has 4 heteroatoms. The van der Waals surface area contributed by atoms with E-state index >= 15 is 0 Å². The van der Waals surface area contributed by atoms with E-state index in [2.05, 4.69) is 0 Å². The van der Waals surface area contributed by atoms with Gasteiger partial charge < -0.3 is 15.2 Å². The van der Waals surface area contributed by atoms with E-state index < -0.39 is 0 Å². The monoisotopic (exact) mass is 243 g/mol. The third-order valence-electron chi connectivity index (χ3n) is 2.26. The van der Waals surface area contributed by atoms with Crippen LogP contribution in [0.3, 0.4) is 0 Å². The summed E-state index contributed by atoms with van der Waals surface area (Å²) in [6, 6.07) is 7.47. The van der Waals surface area contributed by atoms with Crippen LogP contribution in [0.5, 0.6) is 0 Å². The van der Waals surface area contributed by atoms with Gasteiger partial charge in [-0.2, -0.15) is 0 Å². The van der Waals surface area contributed by atoms with Crippen molar-refractivity contribution >= 4 is 11.6 Å². The SMILES string of the molecule is COCCOC(c1ccc(Cl)cc1)C(C)N. The molecule has 2 N–H and O–H groups in total. The van der Waals surface area contributed by atoms with Gasteiger partial charge in [-0.1, -0.05) is 23.7 Å². The van der Waals surface area contributed by atoms with E-state index in [1.807, 2.05) is 31.2 Å². The number of methoxy groups -OCH3 is 1. The number of ether oxygens (including phenoxy) is 2. The highest BCUT2D eigenvalue weighted by Crippen LogP contribution is 2.22. The molecule has 0 spiro atoms. The molecule has 0 amide bonds. The first-order valence-corrected chi connectivity index (χ1v) is 5.64. The molecular weight excluding hydrogens is 226 g/mol. The molecule has 0 aliphatic heterocycles. The summed E-state index contributed by atoms with van der Waals surface area (Å²) in [5.41, 5.74) is 6.93. The maximum absolute atomic E-state index is 5.89. The summed E-state index contributed by atoms with van der Waals surface area (Å²) in [4.78, 5) is 0. The molecule has 0 saturated carbocycles. The Bertz CT molecular complexity index is 300. The van der Waals surface area contributed by atoms with Crippen LogP contribution < -0.4 is 5.73 Å². The molecule has 1 rings (SSSR count). The maximum Gasteiger partial charge on any atom is 0.0974 e. The van der Waals surface area contributed by atoms with Crippen LogP contribution in [0.15, 0.2) is 24.3 Å². The van der Waals surface area contributed by atoms with E-state index in [1.165, 1.54) is 0 Å². The molecule has 2 unspecified atom stereocenters. The van der Waals surface area contributed by atoms with Crippen LogP contribution in [0.2, 0.25) is 5.02 Å². The standard InChI is InChI=1S/C12H18ClNO2/c1-9(14)12(16-8-7-15-2)10-3-5-11(13)6-4-10/h3-6,9,12H,7-8,14H2,1-2H3. The van der Waals surface area contributed by atoms with Gasteiger partial charge in [-0.25, -0.2) is 0 Å². The van der Waals surface area contributed by atoms with Crippen LogP contribution in [-0.4, -0.2) is 26.4 Å². The Morgan fingerprint density at radius 2 is 1.88 bits per heavy atom. The van der Waals surface area contributed by atoms with Crippen molar-refractivity contribution in [2.75, 3.05) is 20.3 Å². The summed E-state index contributed by atoms with van der Waals surface area (Å²) >= 11 is 5.83. The Labute approximate surface area is 101 Å². The van der Waals surface area contributed by atoms with Gasteiger partial charge in [-0.3, -0.25) is 0 Å². The quantitative estimate of drug-likeness (QED) is 0.781. The molecule has 0 aromatic heterocycles. The average molecular weight is 244 g/mol. The average Bonchev–Trinajstić information content (AvgIpc) is 2.26. The third kappa shape index (κ3) is 4.10. The fraction of sp³-hybridized carbons (Fsp3) is 0.500. The highest BCUT2D eigenvalue weighted by Gasteiger charge is 2.16. The minimum Gasteiger partial charge on any atom is -0.382 e. The molecule has 90 valence electrons. The predicted octanol–water partition coefficient (Wildman–Crippen LogP) is 2.39. The van der Waals surface area contributed by atoms with Crippen LogP contribution in [-0.2, 0) is 9.47 Å². The zero-order valence-electron chi connectivity index (χ0n) is 9.65. The van der Waals surface area contributed by atoms with Crippen molar-refractivity contribution in [3.05, 3.63) is 34.9 Å². The lowest BCUT2D eigenvalue weighted by atomic mass is 10.0. The summed E-state index contributed by atoms with van der Waals surface area (Å²) in [5, 5.41) is 0.712. The Hall–Kier alpha value is -0.610. The van der Waals surface area contributed by atoms with Gasteiger partial charge in [0.05, 0.1) is 19.3 Å². The van der Waals surface area contributed by atoms with Crippen molar-refractivity contribution in [1.82, 2.24) is 0 Å². The second kappa shape index (κ2) is 6.86. The van der Waals surface area contributed by atoms with Gasteiger partial charge in [0, 0.05) is 18.2 Å². The van der Waals surface area contributed by atoms with Crippen molar-refractivity contribution in [1.29, 1.82) is 0 Å². The van der Waals surface area contributed by atoms with Gasteiger partial charge in [-0.05, 0) is 24.6 Å². The fourth-order valence-electron chi connectivity index (χ4n) is 1.46. The molecule has 2 atom stereocenters. The van der Waals surface area contributed by atoms with Crippen LogP contribution in [0.4, 0.5) is 0 Å². The molecule has 0 saturated heterocycles. The van der Waals surface area contributed by atoms with Gasteiger partial charge in [0.1, 0.15) is 0 Å². The Kier molecular flexibility index (Phi) is 5.77. The van der Waals surface area contributed by atoms with Crippen molar-refractivity contribution in [2.24, 2.45) is 5.73 Å². The Morgan fingerprint density at radius 1 is 1.25 bits per heavy atom. The van der Waals surface area contributed by atoms with Gasteiger partial charge in [0.25, 0.3) is 0 Å². The summed E-state index contributed by atoms with van der Waals surface area (Å²) in [6.07, 6.45) is -0.118. The smallest absolute Gasteiger partial charge is 0.0974 e. The summed E-state index contributed by atoms with van der Waals surface area (Å²) in [5.74, 6) is 0. The molecule has 1 aromatic carbocycles. The first kappa shape index (κ1) is 13.5. The van der Waals surface area contributed by atoms with Gasteiger partial charge in [-0.15, -0.1) is 0 Å². The highest BCUT2D eigenvalue weighted by molar-refractivity contribution is 6.30. The largest absolute Gasteiger partial charge is 0.382 e. The van der Waals surface area contributed by atoms with Gasteiger partial charge >= 0.3 is 0 Å². The lowest BCUT2D eigenvalue weighted by molar-refractivity contribution is 0.00618. The molecule has 0 aliphatic carbocycles.